The number of hydrogen-bond donors (Lipinski definition) is 2. The van der Waals surface area contributed by atoms with Crippen molar-refractivity contribution in [2.24, 2.45) is 0 Å². The maximum atomic E-state index is 11.7. The van der Waals surface area contributed by atoms with Gasteiger partial charge < -0.3 is 10.4 Å². The van der Waals surface area contributed by atoms with Crippen molar-refractivity contribution in [2.75, 3.05) is 5.32 Å². The minimum atomic E-state index is -0.186. The van der Waals surface area contributed by atoms with Crippen LogP contribution >= 0.6 is 22.6 Å². The zero-order chi connectivity index (χ0) is 13.7. The predicted molar refractivity (Wildman–Crippen MR) is 84.9 cm³/mol. The number of aromatic hydroxyl groups is 1. The molecule has 0 unspecified atom stereocenters. The first-order valence-electron chi connectivity index (χ1n) is 5.67. The normalized spacial score (nSPS) is 10.6. The number of benzene rings is 2. The van der Waals surface area contributed by atoms with Crippen LogP contribution in [0.4, 0.5) is 5.69 Å². The summed E-state index contributed by atoms with van der Waals surface area (Å²) >= 11 is 2.21. The molecule has 0 atom stereocenters. The molecule has 3 nitrogen and oxygen atoms in total. The summed E-state index contributed by atoms with van der Waals surface area (Å²) in [5, 5.41) is 11.9. The van der Waals surface area contributed by atoms with Crippen LogP contribution in [0, 0.1) is 3.57 Å². The quantitative estimate of drug-likeness (QED) is 0.645. The molecule has 0 fully saturated rings. The second-order valence-electron chi connectivity index (χ2n) is 3.92. The number of hydrogen-bond acceptors (Lipinski definition) is 2. The van der Waals surface area contributed by atoms with Crippen LogP contribution in [0.1, 0.15) is 5.56 Å². The Morgan fingerprint density at radius 1 is 1.05 bits per heavy atom. The predicted octanol–water partition coefficient (Wildman–Crippen LogP) is 3.65. The zero-order valence-corrected chi connectivity index (χ0v) is 12.2. The van der Waals surface area contributed by atoms with E-state index in [0.29, 0.717) is 0 Å². The number of phenols is 1. The van der Waals surface area contributed by atoms with Gasteiger partial charge in [-0.05, 0) is 70.6 Å². The van der Waals surface area contributed by atoms with Gasteiger partial charge in [-0.25, -0.2) is 0 Å². The highest BCUT2D eigenvalue weighted by atomic mass is 127. The second-order valence-corrected chi connectivity index (χ2v) is 5.17. The number of phenolic OH excluding ortho intramolecular Hbond substituents is 1. The molecule has 0 radical (unpaired) electrons. The lowest BCUT2D eigenvalue weighted by Crippen LogP contribution is -2.07. The SMILES string of the molecule is O=C(/C=C/c1ccc(O)cc1)Nc1ccc(I)cc1. The Bertz CT molecular complexity index is 589. The monoisotopic (exact) mass is 365 g/mol. The minimum absolute atomic E-state index is 0.186. The summed E-state index contributed by atoms with van der Waals surface area (Å²) in [5.74, 6) is 0.0229. The molecule has 0 aromatic heterocycles. The number of rotatable bonds is 3. The molecule has 0 heterocycles. The Hall–Kier alpha value is -1.82. The molecule has 2 aromatic rings. The van der Waals surface area contributed by atoms with Gasteiger partial charge in [0.2, 0.25) is 5.91 Å². The molecule has 0 bridgehead atoms. The largest absolute Gasteiger partial charge is 0.508 e. The maximum absolute atomic E-state index is 11.7. The van der Waals surface area contributed by atoms with Crippen LogP contribution in [0.5, 0.6) is 5.75 Å². The molecule has 0 spiro atoms. The van der Waals surface area contributed by atoms with Crippen LogP contribution in [-0.4, -0.2) is 11.0 Å². The van der Waals surface area contributed by atoms with Crippen molar-refractivity contribution in [3.63, 3.8) is 0 Å². The summed E-state index contributed by atoms with van der Waals surface area (Å²) in [6, 6.07) is 14.2. The maximum Gasteiger partial charge on any atom is 0.248 e. The van der Waals surface area contributed by atoms with E-state index in [1.54, 1.807) is 30.3 Å². The lowest BCUT2D eigenvalue weighted by atomic mass is 10.2. The molecule has 0 aliphatic carbocycles. The van der Waals surface area contributed by atoms with E-state index in [1.165, 1.54) is 6.08 Å². The summed E-state index contributed by atoms with van der Waals surface area (Å²) in [5.41, 5.74) is 1.62. The summed E-state index contributed by atoms with van der Waals surface area (Å²) in [6.07, 6.45) is 3.16. The van der Waals surface area contributed by atoms with Gasteiger partial charge in [-0.3, -0.25) is 4.79 Å². The van der Waals surface area contributed by atoms with Gasteiger partial charge in [0.05, 0.1) is 0 Å². The van der Waals surface area contributed by atoms with Crippen molar-refractivity contribution < 1.29 is 9.90 Å². The van der Waals surface area contributed by atoms with Crippen molar-refractivity contribution in [2.45, 2.75) is 0 Å². The smallest absolute Gasteiger partial charge is 0.248 e. The van der Waals surface area contributed by atoms with Gasteiger partial charge in [0.25, 0.3) is 0 Å². The third-order valence-electron chi connectivity index (χ3n) is 2.43. The van der Waals surface area contributed by atoms with Crippen LogP contribution in [0.3, 0.4) is 0 Å². The Morgan fingerprint density at radius 3 is 2.32 bits per heavy atom. The standard InChI is InChI=1S/C15H12INO2/c16-12-4-6-13(7-5-12)17-15(19)10-3-11-1-8-14(18)9-2-11/h1-10,18H,(H,17,19)/b10-3+. The van der Waals surface area contributed by atoms with E-state index >= 15 is 0 Å². The highest BCUT2D eigenvalue weighted by Gasteiger charge is 1.97. The molecule has 0 aliphatic rings. The second kappa shape index (κ2) is 6.38. The van der Waals surface area contributed by atoms with Crippen LogP contribution in [0.15, 0.2) is 54.6 Å². The highest BCUT2D eigenvalue weighted by Crippen LogP contribution is 2.12. The Kier molecular flexibility index (Phi) is 4.57. The van der Waals surface area contributed by atoms with Gasteiger partial charge in [0.1, 0.15) is 5.75 Å². The van der Waals surface area contributed by atoms with Crippen LogP contribution in [0.25, 0.3) is 6.08 Å². The Balaban J connectivity index is 1.97. The van der Waals surface area contributed by atoms with Gasteiger partial charge in [-0.2, -0.15) is 0 Å². The van der Waals surface area contributed by atoms with Crippen molar-refractivity contribution >= 4 is 40.3 Å². The Morgan fingerprint density at radius 2 is 1.68 bits per heavy atom. The average Bonchev–Trinajstić information content (AvgIpc) is 2.41. The van der Waals surface area contributed by atoms with E-state index in [4.69, 9.17) is 5.11 Å². The van der Waals surface area contributed by atoms with Crippen molar-refractivity contribution in [3.05, 3.63) is 63.7 Å². The van der Waals surface area contributed by atoms with Crippen LogP contribution < -0.4 is 5.32 Å². The number of carbonyl (C=O) groups excluding carboxylic acids is 1. The van der Waals surface area contributed by atoms with Gasteiger partial charge >= 0.3 is 0 Å². The first-order chi connectivity index (χ1) is 9.13. The number of nitrogens with one attached hydrogen (secondary N) is 1. The van der Waals surface area contributed by atoms with Crippen molar-refractivity contribution in [1.29, 1.82) is 0 Å². The fourth-order valence-electron chi connectivity index (χ4n) is 1.47. The molecule has 2 N–H and O–H groups in total. The summed E-state index contributed by atoms with van der Waals surface area (Å²) in [6.45, 7) is 0. The fourth-order valence-corrected chi connectivity index (χ4v) is 1.83. The summed E-state index contributed by atoms with van der Waals surface area (Å²) in [7, 11) is 0. The van der Waals surface area contributed by atoms with Crippen molar-refractivity contribution in [1.82, 2.24) is 0 Å². The lowest BCUT2D eigenvalue weighted by molar-refractivity contribution is -0.111. The molecule has 4 heteroatoms. The highest BCUT2D eigenvalue weighted by molar-refractivity contribution is 14.1. The molecule has 19 heavy (non-hydrogen) atoms. The van der Waals surface area contributed by atoms with Crippen molar-refractivity contribution in [3.8, 4) is 5.75 Å². The first-order valence-corrected chi connectivity index (χ1v) is 6.75. The molecule has 2 aromatic carbocycles. The molecule has 0 saturated carbocycles. The Labute approximate surface area is 125 Å². The summed E-state index contributed by atoms with van der Waals surface area (Å²) < 4.78 is 1.12. The van der Waals surface area contributed by atoms with Crippen LogP contribution in [0.2, 0.25) is 0 Å². The fraction of sp³-hybridized carbons (Fsp3) is 0. The van der Waals surface area contributed by atoms with E-state index in [1.807, 2.05) is 24.3 Å². The van der Waals surface area contributed by atoms with Gasteiger partial charge in [-0.15, -0.1) is 0 Å². The molecule has 0 saturated heterocycles. The van der Waals surface area contributed by atoms with E-state index < -0.39 is 0 Å². The van der Waals surface area contributed by atoms with E-state index in [-0.39, 0.29) is 11.7 Å². The van der Waals surface area contributed by atoms with E-state index in [9.17, 15) is 4.79 Å². The third kappa shape index (κ3) is 4.40. The number of carbonyl (C=O) groups is 1. The zero-order valence-electron chi connectivity index (χ0n) is 10.0. The molecular weight excluding hydrogens is 353 g/mol. The third-order valence-corrected chi connectivity index (χ3v) is 3.15. The number of amides is 1. The molecule has 2 rings (SSSR count). The van der Waals surface area contributed by atoms with Gasteiger partial charge in [0.15, 0.2) is 0 Å². The van der Waals surface area contributed by atoms with E-state index in [2.05, 4.69) is 27.9 Å². The van der Waals surface area contributed by atoms with Gasteiger partial charge in [0, 0.05) is 15.3 Å². The van der Waals surface area contributed by atoms with E-state index in [0.717, 1.165) is 14.8 Å². The van der Waals surface area contributed by atoms with Gasteiger partial charge in [-0.1, -0.05) is 12.1 Å². The minimum Gasteiger partial charge on any atom is -0.508 e. The molecule has 1 amide bonds. The first kappa shape index (κ1) is 13.6. The lowest BCUT2D eigenvalue weighted by Gasteiger charge is -2.01. The number of anilines is 1. The average molecular weight is 365 g/mol. The topological polar surface area (TPSA) is 49.3 Å². The number of halogens is 1. The molecular formula is C15H12INO2. The molecule has 96 valence electrons. The molecule has 0 aliphatic heterocycles. The van der Waals surface area contributed by atoms with Crippen LogP contribution in [-0.2, 0) is 4.79 Å². The summed E-state index contributed by atoms with van der Waals surface area (Å²) in [4.78, 5) is 11.7.